The first-order valence-corrected chi connectivity index (χ1v) is 10.9. The fourth-order valence-corrected chi connectivity index (χ4v) is 4.41. The number of amides is 1. The van der Waals surface area contributed by atoms with E-state index in [1.807, 2.05) is 19.1 Å². The van der Waals surface area contributed by atoms with Gasteiger partial charge in [0.15, 0.2) is 6.61 Å². The number of nitrogens with one attached hydrogen (secondary N) is 1. The summed E-state index contributed by atoms with van der Waals surface area (Å²) < 4.78 is 15.3. The minimum Gasteiger partial charge on any atom is -0.462 e. The molecule has 0 aliphatic heterocycles. The average Bonchev–Trinajstić information content (AvgIpc) is 3.02. The zero-order valence-corrected chi connectivity index (χ0v) is 19.9. The lowest BCUT2D eigenvalue weighted by Crippen LogP contribution is -2.22. The van der Waals surface area contributed by atoms with Crippen LogP contribution in [0.3, 0.4) is 0 Å². The van der Waals surface area contributed by atoms with E-state index in [4.69, 9.17) is 14.2 Å². The molecule has 1 aromatic heterocycles. The quantitative estimate of drug-likeness (QED) is 0.465. The van der Waals surface area contributed by atoms with Gasteiger partial charge in [0.25, 0.3) is 5.91 Å². The Morgan fingerprint density at radius 1 is 0.812 bits per heavy atom. The number of rotatable bonds is 8. The molecule has 2 rings (SSSR count). The van der Waals surface area contributed by atoms with Gasteiger partial charge in [-0.15, -0.1) is 11.3 Å². The summed E-state index contributed by atoms with van der Waals surface area (Å²) >= 11 is 0.906. The number of hydrogen-bond acceptors (Lipinski definition) is 8. The van der Waals surface area contributed by atoms with Crippen molar-refractivity contribution in [2.24, 2.45) is 0 Å². The maximum atomic E-state index is 12.5. The van der Waals surface area contributed by atoms with E-state index in [0.717, 1.165) is 28.0 Å². The van der Waals surface area contributed by atoms with E-state index >= 15 is 0 Å². The average molecular weight is 462 g/mol. The van der Waals surface area contributed by atoms with Crippen LogP contribution in [0.25, 0.3) is 0 Å². The molecule has 0 spiro atoms. The van der Waals surface area contributed by atoms with Crippen molar-refractivity contribution in [1.82, 2.24) is 0 Å². The van der Waals surface area contributed by atoms with Crippen LogP contribution in [-0.4, -0.2) is 43.6 Å². The van der Waals surface area contributed by atoms with Crippen molar-refractivity contribution >= 4 is 40.2 Å². The molecular formula is C23H27NO7S. The molecular weight excluding hydrogens is 434 g/mol. The number of hydrogen-bond donors (Lipinski definition) is 1. The number of carbonyl (C=O) groups excluding carboxylic acids is 4. The smallest absolute Gasteiger partial charge is 0.348 e. The maximum Gasteiger partial charge on any atom is 0.348 e. The van der Waals surface area contributed by atoms with E-state index in [0.29, 0.717) is 11.1 Å². The van der Waals surface area contributed by atoms with Crippen LogP contribution in [0.4, 0.5) is 5.00 Å². The molecule has 32 heavy (non-hydrogen) atoms. The van der Waals surface area contributed by atoms with Gasteiger partial charge in [-0.2, -0.15) is 0 Å². The van der Waals surface area contributed by atoms with Crippen LogP contribution < -0.4 is 5.32 Å². The number of carbonyl (C=O) groups is 4. The third-order valence-electron chi connectivity index (χ3n) is 4.56. The molecule has 0 saturated heterocycles. The molecule has 1 amide bonds. The molecule has 8 nitrogen and oxygen atoms in total. The number of benzene rings is 1. The van der Waals surface area contributed by atoms with Crippen LogP contribution in [0, 0.1) is 27.7 Å². The summed E-state index contributed by atoms with van der Waals surface area (Å²) in [5, 5.41) is 2.68. The molecule has 0 radical (unpaired) electrons. The molecule has 0 bridgehead atoms. The summed E-state index contributed by atoms with van der Waals surface area (Å²) in [4.78, 5) is 49.8. The fraction of sp³-hybridized carbons (Fsp3) is 0.391. The lowest BCUT2D eigenvalue weighted by atomic mass is 10.00. The summed E-state index contributed by atoms with van der Waals surface area (Å²) in [7, 11) is 0. The van der Waals surface area contributed by atoms with Crippen molar-refractivity contribution in [1.29, 1.82) is 0 Å². The second-order valence-electron chi connectivity index (χ2n) is 7.10. The standard InChI is InChI=1S/C23H27NO7S/c1-7-29-22(27)18-15(6)19(23(28)30-8-2)32-20(18)24-16(25)11-31-21(26)17-13(4)9-12(3)10-14(17)5/h9-10H,7-8,11H2,1-6H3,(H,24,25). The van der Waals surface area contributed by atoms with E-state index in [1.165, 1.54) is 0 Å². The van der Waals surface area contributed by atoms with Gasteiger partial charge in [-0.05, 0) is 58.2 Å². The Morgan fingerprint density at radius 2 is 1.34 bits per heavy atom. The Morgan fingerprint density at radius 3 is 1.91 bits per heavy atom. The second-order valence-corrected chi connectivity index (χ2v) is 8.12. The van der Waals surface area contributed by atoms with E-state index in [2.05, 4.69) is 5.32 Å². The highest BCUT2D eigenvalue weighted by Crippen LogP contribution is 2.34. The van der Waals surface area contributed by atoms with Crippen LogP contribution >= 0.6 is 11.3 Å². The Hall–Kier alpha value is -3.20. The zero-order chi connectivity index (χ0) is 24.0. The summed E-state index contributed by atoms with van der Waals surface area (Å²) in [6.07, 6.45) is 0. The minimum atomic E-state index is -0.671. The van der Waals surface area contributed by atoms with Gasteiger partial charge < -0.3 is 19.5 Å². The summed E-state index contributed by atoms with van der Waals surface area (Å²) in [5.41, 5.74) is 3.37. The third kappa shape index (κ3) is 5.73. The Kier molecular flexibility index (Phi) is 8.54. The first-order chi connectivity index (χ1) is 15.1. The highest BCUT2D eigenvalue weighted by Gasteiger charge is 2.27. The highest BCUT2D eigenvalue weighted by molar-refractivity contribution is 7.18. The molecule has 0 aliphatic carbocycles. The molecule has 9 heteroatoms. The lowest BCUT2D eigenvalue weighted by molar-refractivity contribution is -0.119. The SMILES string of the molecule is CCOC(=O)c1sc(NC(=O)COC(=O)c2c(C)cc(C)cc2C)c(C(=O)OCC)c1C. The molecule has 1 N–H and O–H groups in total. The third-order valence-corrected chi connectivity index (χ3v) is 5.74. The molecule has 0 fully saturated rings. The minimum absolute atomic E-state index is 0.0739. The molecule has 0 saturated carbocycles. The Labute approximate surface area is 190 Å². The van der Waals surface area contributed by atoms with Gasteiger partial charge in [0.2, 0.25) is 0 Å². The van der Waals surface area contributed by atoms with Crippen molar-refractivity contribution in [3.63, 3.8) is 0 Å². The van der Waals surface area contributed by atoms with Crippen molar-refractivity contribution < 1.29 is 33.4 Å². The van der Waals surface area contributed by atoms with Crippen molar-refractivity contribution in [2.75, 3.05) is 25.1 Å². The lowest BCUT2D eigenvalue weighted by Gasteiger charge is -2.11. The number of thiophene rings is 1. The molecule has 172 valence electrons. The summed E-state index contributed by atoms with van der Waals surface area (Å²) in [6.45, 7) is 10.2. The van der Waals surface area contributed by atoms with Gasteiger partial charge in [-0.25, -0.2) is 14.4 Å². The highest BCUT2D eigenvalue weighted by atomic mass is 32.1. The fourth-order valence-electron chi connectivity index (χ4n) is 3.31. The van der Waals surface area contributed by atoms with Crippen molar-refractivity contribution in [2.45, 2.75) is 41.5 Å². The van der Waals surface area contributed by atoms with E-state index in [1.54, 1.807) is 34.6 Å². The van der Waals surface area contributed by atoms with Crippen LogP contribution in [0.15, 0.2) is 12.1 Å². The van der Waals surface area contributed by atoms with Crippen LogP contribution in [0.1, 0.15) is 66.5 Å². The van der Waals surface area contributed by atoms with Gasteiger partial charge in [0, 0.05) is 0 Å². The normalized spacial score (nSPS) is 10.4. The molecule has 0 aliphatic rings. The number of esters is 3. The van der Waals surface area contributed by atoms with Crippen molar-refractivity contribution in [3.05, 3.63) is 50.4 Å². The molecule has 1 heterocycles. The summed E-state index contributed by atoms with van der Waals surface area (Å²) in [6, 6.07) is 3.72. The Bertz CT molecular complexity index is 1030. The molecule has 0 unspecified atom stereocenters. The van der Waals surface area contributed by atoms with E-state index < -0.39 is 30.4 Å². The predicted octanol–water partition coefficient (Wildman–Crippen LogP) is 4.13. The predicted molar refractivity (Wildman–Crippen MR) is 121 cm³/mol. The van der Waals surface area contributed by atoms with Crippen LogP contribution in [0.2, 0.25) is 0 Å². The van der Waals surface area contributed by atoms with Gasteiger partial charge in [0.1, 0.15) is 9.88 Å². The molecule has 0 atom stereocenters. The van der Waals surface area contributed by atoms with E-state index in [-0.39, 0.29) is 28.7 Å². The zero-order valence-electron chi connectivity index (χ0n) is 19.0. The summed E-state index contributed by atoms with van der Waals surface area (Å²) in [5.74, 6) is -2.54. The van der Waals surface area contributed by atoms with Crippen molar-refractivity contribution in [3.8, 4) is 0 Å². The maximum absolute atomic E-state index is 12.5. The number of anilines is 1. The Balaban J connectivity index is 2.20. The monoisotopic (exact) mass is 461 g/mol. The molecule has 2 aromatic rings. The van der Waals surface area contributed by atoms with Crippen LogP contribution in [-0.2, 0) is 19.0 Å². The second kappa shape index (κ2) is 10.9. The number of aryl methyl sites for hydroxylation is 3. The van der Waals surface area contributed by atoms with Gasteiger partial charge >= 0.3 is 17.9 Å². The van der Waals surface area contributed by atoms with E-state index in [9.17, 15) is 19.2 Å². The van der Waals surface area contributed by atoms with Gasteiger partial charge in [-0.1, -0.05) is 17.7 Å². The van der Waals surface area contributed by atoms with Gasteiger partial charge in [-0.3, -0.25) is 4.79 Å². The largest absolute Gasteiger partial charge is 0.462 e. The molecule has 1 aromatic carbocycles. The first-order valence-electron chi connectivity index (χ1n) is 10.1. The van der Waals surface area contributed by atoms with Crippen LogP contribution in [0.5, 0.6) is 0 Å². The first kappa shape index (κ1) is 25.1. The van der Waals surface area contributed by atoms with Gasteiger partial charge in [0.05, 0.1) is 24.3 Å². The topological polar surface area (TPSA) is 108 Å². The number of ether oxygens (including phenoxy) is 3.